The van der Waals surface area contributed by atoms with E-state index < -0.39 is 5.83 Å². The van der Waals surface area contributed by atoms with E-state index >= 15 is 0 Å². The zero-order valence-electron chi connectivity index (χ0n) is 19.7. The highest BCUT2D eigenvalue weighted by Crippen LogP contribution is 2.40. The van der Waals surface area contributed by atoms with Crippen LogP contribution in [0, 0.1) is 11.3 Å². The van der Waals surface area contributed by atoms with Crippen molar-refractivity contribution < 1.29 is 13.6 Å². The number of pyridine rings is 2. The second-order valence-electron chi connectivity index (χ2n) is 8.37. The van der Waals surface area contributed by atoms with E-state index in [-0.39, 0.29) is 18.3 Å². The van der Waals surface area contributed by atoms with Gasteiger partial charge in [-0.25, -0.2) is 13.8 Å². The van der Waals surface area contributed by atoms with Gasteiger partial charge in [0.15, 0.2) is 0 Å². The molecule has 4 aromatic rings. The third-order valence-electron chi connectivity index (χ3n) is 6.25. The van der Waals surface area contributed by atoms with Crippen LogP contribution in [0.25, 0.3) is 38.8 Å². The molecular formula is C27H20F2N6OS. The van der Waals surface area contributed by atoms with Crippen LogP contribution < -0.4 is 0 Å². The number of hydrogen-bond acceptors (Lipinski definition) is 6. The summed E-state index contributed by atoms with van der Waals surface area (Å²) in [7, 11) is 0. The first-order valence-electron chi connectivity index (χ1n) is 11.4. The SMILES string of the molecule is C=CC(=O)N1CCn2nc(-c3nc(-c4cncc(C#N)c4)c4ccsc4c3C=C(F)/C=C/F)cc2C1C. The van der Waals surface area contributed by atoms with Gasteiger partial charge < -0.3 is 4.90 Å². The second-order valence-corrected chi connectivity index (χ2v) is 9.29. The average Bonchev–Trinajstić information content (AvgIpc) is 3.57. The summed E-state index contributed by atoms with van der Waals surface area (Å²) < 4.78 is 29.9. The molecule has 0 aliphatic carbocycles. The van der Waals surface area contributed by atoms with Gasteiger partial charge in [-0.15, -0.1) is 11.3 Å². The molecule has 0 fully saturated rings. The summed E-state index contributed by atoms with van der Waals surface area (Å²) in [6, 6.07) is 7.22. The van der Waals surface area contributed by atoms with E-state index in [2.05, 4.69) is 17.6 Å². The van der Waals surface area contributed by atoms with Crippen LogP contribution in [0.3, 0.4) is 0 Å². The molecule has 0 spiro atoms. The van der Waals surface area contributed by atoms with Gasteiger partial charge in [-0.1, -0.05) is 6.58 Å². The van der Waals surface area contributed by atoms with Crippen molar-refractivity contribution in [1.82, 2.24) is 24.6 Å². The topological polar surface area (TPSA) is 87.7 Å². The van der Waals surface area contributed by atoms with Gasteiger partial charge in [0.25, 0.3) is 0 Å². The van der Waals surface area contributed by atoms with Crippen LogP contribution in [-0.4, -0.2) is 37.1 Å². The number of fused-ring (bicyclic) bond motifs is 2. The summed E-state index contributed by atoms with van der Waals surface area (Å²) >= 11 is 1.39. The Morgan fingerprint density at radius 3 is 2.89 bits per heavy atom. The first-order valence-corrected chi connectivity index (χ1v) is 12.2. The van der Waals surface area contributed by atoms with E-state index in [1.807, 2.05) is 29.1 Å². The number of aromatic nitrogens is 4. The van der Waals surface area contributed by atoms with Crippen LogP contribution in [0.5, 0.6) is 0 Å². The third kappa shape index (κ3) is 4.34. The van der Waals surface area contributed by atoms with E-state index in [9.17, 15) is 18.8 Å². The minimum absolute atomic E-state index is 0.139. The van der Waals surface area contributed by atoms with Crippen molar-refractivity contribution in [3.63, 3.8) is 0 Å². The predicted octanol–water partition coefficient (Wildman–Crippen LogP) is 5.98. The largest absolute Gasteiger partial charge is 0.329 e. The van der Waals surface area contributed by atoms with Crippen LogP contribution in [0.15, 0.2) is 66.9 Å². The molecule has 0 bridgehead atoms. The summed E-state index contributed by atoms with van der Waals surface area (Å²) in [5, 5.41) is 16.7. The van der Waals surface area contributed by atoms with E-state index in [0.717, 1.165) is 21.9 Å². The molecule has 5 heterocycles. The lowest BCUT2D eigenvalue weighted by atomic mass is 10.0. The predicted molar refractivity (Wildman–Crippen MR) is 138 cm³/mol. The molecule has 184 valence electrons. The highest BCUT2D eigenvalue weighted by molar-refractivity contribution is 7.17. The molecule has 1 aliphatic heterocycles. The fourth-order valence-corrected chi connectivity index (χ4v) is 5.42. The maximum Gasteiger partial charge on any atom is 0.246 e. The molecule has 5 rings (SSSR count). The van der Waals surface area contributed by atoms with Gasteiger partial charge in [0.1, 0.15) is 23.3 Å². The maximum absolute atomic E-state index is 14.6. The number of thiophene rings is 1. The number of carbonyl (C=O) groups excluding carboxylic acids is 1. The lowest BCUT2D eigenvalue weighted by Gasteiger charge is -2.33. The Kier molecular flexibility index (Phi) is 6.46. The normalized spacial score (nSPS) is 15.7. The number of nitrogens with zero attached hydrogens (tertiary/aromatic N) is 6. The lowest BCUT2D eigenvalue weighted by Crippen LogP contribution is -2.40. The second kappa shape index (κ2) is 9.87. The van der Waals surface area contributed by atoms with Crippen molar-refractivity contribution >= 4 is 33.4 Å². The monoisotopic (exact) mass is 514 g/mol. The van der Waals surface area contributed by atoms with Crippen molar-refractivity contribution in [2.75, 3.05) is 6.54 Å². The molecule has 10 heteroatoms. The number of allylic oxidation sites excluding steroid dienone is 2. The van der Waals surface area contributed by atoms with Gasteiger partial charge in [-0.3, -0.25) is 14.5 Å². The quantitative estimate of drug-likeness (QED) is 0.242. The van der Waals surface area contributed by atoms with Crippen molar-refractivity contribution in [2.24, 2.45) is 0 Å². The van der Waals surface area contributed by atoms with Gasteiger partial charge in [0.05, 0.1) is 35.9 Å². The Bertz CT molecular complexity index is 1640. The van der Waals surface area contributed by atoms with Gasteiger partial charge in [0, 0.05) is 46.2 Å². The van der Waals surface area contributed by atoms with E-state index in [1.165, 1.54) is 29.7 Å². The van der Waals surface area contributed by atoms with E-state index in [4.69, 9.17) is 10.1 Å². The number of carbonyl (C=O) groups is 1. The lowest BCUT2D eigenvalue weighted by molar-refractivity contribution is -0.129. The summed E-state index contributed by atoms with van der Waals surface area (Å²) in [5.74, 6) is -0.947. The molecule has 1 amide bonds. The number of nitriles is 1. The minimum atomic E-state index is -0.777. The Labute approximate surface area is 215 Å². The fraction of sp³-hybridized carbons (Fsp3) is 0.148. The maximum atomic E-state index is 14.6. The first-order chi connectivity index (χ1) is 17.9. The van der Waals surface area contributed by atoms with Crippen molar-refractivity contribution in [3.05, 3.63) is 83.7 Å². The summed E-state index contributed by atoms with van der Waals surface area (Å²) in [5.41, 5.74) is 3.71. The van der Waals surface area contributed by atoms with Gasteiger partial charge >= 0.3 is 0 Å². The average molecular weight is 515 g/mol. The molecule has 1 unspecified atom stereocenters. The van der Waals surface area contributed by atoms with Gasteiger partial charge in [-0.2, -0.15) is 10.4 Å². The Balaban J connectivity index is 1.75. The Hall–Kier alpha value is -4.49. The first kappa shape index (κ1) is 24.2. The fourth-order valence-electron chi connectivity index (χ4n) is 4.51. The zero-order chi connectivity index (χ0) is 26.1. The standard InChI is InChI=1S/C27H20F2N6OS/c1-3-24(36)34-7-8-35-23(16(34)2)12-22(33-35)26-21(11-19(29)4-6-28)27-20(5-9-37-27)25(32-26)18-10-17(13-30)14-31-15-18/h3-6,9-12,14-16H,1,7-8H2,2H3/b6-4+,19-11?. The molecule has 0 saturated heterocycles. The highest BCUT2D eigenvalue weighted by atomic mass is 32.1. The molecule has 7 nitrogen and oxygen atoms in total. The van der Waals surface area contributed by atoms with Crippen LogP contribution in [0.4, 0.5) is 8.78 Å². The Morgan fingerprint density at radius 1 is 1.30 bits per heavy atom. The van der Waals surface area contributed by atoms with Crippen LogP contribution >= 0.6 is 11.3 Å². The van der Waals surface area contributed by atoms with Crippen LogP contribution in [0.2, 0.25) is 0 Å². The van der Waals surface area contributed by atoms with Crippen LogP contribution in [0.1, 0.15) is 29.8 Å². The highest BCUT2D eigenvalue weighted by Gasteiger charge is 2.29. The molecule has 37 heavy (non-hydrogen) atoms. The number of rotatable bonds is 5. The zero-order valence-corrected chi connectivity index (χ0v) is 20.5. The number of amides is 1. The molecule has 1 aliphatic rings. The van der Waals surface area contributed by atoms with E-state index in [1.54, 1.807) is 17.2 Å². The van der Waals surface area contributed by atoms with Gasteiger partial charge in [-0.05, 0) is 42.7 Å². The molecule has 0 saturated carbocycles. The minimum Gasteiger partial charge on any atom is -0.329 e. The molecule has 0 radical (unpaired) electrons. The van der Waals surface area contributed by atoms with Crippen molar-refractivity contribution in [2.45, 2.75) is 19.5 Å². The third-order valence-corrected chi connectivity index (χ3v) is 7.20. The van der Waals surface area contributed by atoms with E-state index in [0.29, 0.717) is 46.9 Å². The molecular weight excluding hydrogens is 494 g/mol. The molecule has 1 atom stereocenters. The smallest absolute Gasteiger partial charge is 0.246 e. The number of halogens is 2. The Morgan fingerprint density at radius 2 is 2.14 bits per heavy atom. The van der Waals surface area contributed by atoms with Crippen molar-refractivity contribution in [3.8, 4) is 28.7 Å². The molecule has 0 N–H and O–H groups in total. The number of hydrogen-bond donors (Lipinski definition) is 0. The van der Waals surface area contributed by atoms with Crippen LogP contribution in [-0.2, 0) is 11.3 Å². The molecule has 4 aromatic heterocycles. The van der Waals surface area contributed by atoms with Crippen molar-refractivity contribution in [1.29, 1.82) is 5.26 Å². The summed E-state index contributed by atoms with van der Waals surface area (Å²) in [4.78, 5) is 23.1. The molecule has 0 aromatic carbocycles. The van der Waals surface area contributed by atoms with Gasteiger partial charge in [0.2, 0.25) is 5.91 Å². The summed E-state index contributed by atoms with van der Waals surface area (Å²) in [6.07, 6.45) is 6.48. The summed E-state index contributed by atoms with van der Waals surface area (Å²) in [6.45, 7) is 6.44.